The topological polar surface area (TPSA) is 42.2 Å². The van der Waals surface area contributed by atoms with Gasteiger partial charge in [-0.25, -0.2) is 4.98 Å². The number of nitrogens with two attached hydrogens (primary N) is 1. The molecular formula is C10H19N3S. The molecule has 0 amide bonds. The number of hydrogen-bond donors (Lipinski definition) is 1. The maximum Gasteiger partial charge on any atom is 0.106 e. The van der Waals surface area contributed by atoms with Gasteiger partial charge in [0.05, 0.1) is 0 Å². The maximum atomic E-state index is 5.51. The second-order valence-electron chi connectivity index (χ2n) is 3.20. The largest absolute Gasteiger partial charge is 0.325 e. The number of hydrogen-bond acceptors (Lipinski definition) is 4. The monoisotopic (exact) mass is 213 g/mol. The average molecular weight is 213 g/mol. The second kappa shape index (κ2) is 6.11. The zero-order valence-corrected chi connectivity index (χ0v) is 9.81. The molecule has 0 aliphatic carbocycles. The Morgan fingerprint density at radius 3 is 2.64 bits per heavy atom. The van der Waals surface area contributed by atoms with E-state index >= 15 is 0 Å². The van der Waals surface area contributed by atoms with Gasteiger partial charge in [-0.1, -0.05) is 13.8 Å². The van der Waals surface area contributed by atoms with Crippen LogP contribution in [0.3, 0.4) is 0 Å². The van der Waals surface area contributed by atoms with E-state index in [1.807, 2.05) is 6.20 Å². The van der Waals surface area contributed by atoms with Crippen molar-refractivity contribution >= 4 is 11.3 Å². The van der Waals surface area contributed by atoms with Crippen LogP contribution in [0.2, 0.25) is 0 Å². The Morgan fingerprint density at radius 1 is 1.43 bits per heavy atom. The van der Waals surface area contributed by atoms with Crippen LogP contribution in [0.5, 0.6) is 0 Å². The van der Waals surface area contributed by atoms with Crippen LogP contribution in [0, 0.1) is 0 Å². The van der Waals surface area contributed by atoms with Crippen LogP contribution < -0.4 is 5.73 Å². The summed E-state index contributed by atoms with van der Waals surface area (Å²) in [6, 6.07) is 0. The summed E-state index contributed by atoms with van der Waals surface area (Å²) in [7, 11) is 0. The minimum Gasteiger partial charge on any atom is -0.325 e. The van der Waals surface area contributed by atoms with Gasteiger partial charge >= 0.3 is 0 Å². The van der Waals surface area contributed by atoms with E-state index in [-0.39, 0.29) is 0 Å². The third-order valence-electron chi connectivity index (χ3n) is 2.34. The fraction of sp³-hybridized carbons (Fsp3) is 0.700. The van der Waals surface area contributed by atoms with Gasteiger partial charge in [0.2, 0.25) is 0 Å². The molecule has 4 heteroatoms. The van der Waals surface area contributed by atoms with E-state index in [9.17, 15) is 0 Å². The van der Waals surface area contributed by atoms with Gasteiger partial charge in [-0.3, -0.25) is 0 Å². The molecule has 1 heterocycles. The lowest BCUT2D eigenvalue weighted by atomic mass is 10.3. The highest BCUT2D eigenvalue weighted by Gasteiger charge is 2.03. The molecule has 0 atom stereocenters. The van der Waals surface area contributed by atoms with Crippen molar-refractivity contribution < 1.29 is 0 Å². The molecule has 1 aromatic rings. The molecule has 80 valence electrons. The number of nitrogens with zero attached hydrogens (tertiary/aromatic N) is 2. The van der Waals surface area contributed by atoms with Gasteiger partial charge in [0.15, 0.2) is 0 Å². The van der Waals surface area contributed by atoms with Crippen LogP contribution in [0.1, 0.15) is 23.7 Å². The van der Waals surface area contributed by atoms with Gasteiger partial charge < -0.3 is 10.6 Å². The molecule has 0 unspecified atom stereocenters. The predicted molar refractivity (Wildman–Crippen MR) is 61.5 cm³/mol. The Balaban J connectivity index is 2.37. The summed E-state index contributed by atoms with van der Waals surface area (Å²) in [5.41, 5.74) is 5.51. The molecule has 0 saturated heterocycles. The third kappa shape index (κ3) is 3.36. The van der Waals surface area contributed by atoms with Crippen LogP contribution in [-0.2, 0) is 13.0 Å². The molecule has 0 fully saturated rings. The van der Waals surface area contributed by atoms with E-state index in [1.54, 1.807) is 11.3 Å². The lowest BCUT2D eigenvalue weighted by Gasteiger charge is -2.16. The van der Waals surface area contributed by atoms with Crippen molar-refractivity contribution in [1.82, 2.24) is 9.88 Å². The highest BCUT2D eigenvalue weighted by Crippen LogP contribution is 2.13. The Morgan fingerprint density at radius 2 is 2.14 bits per heavy atom. The van der Waals surface area contributed by atoms with E-state index in [2.05, 4.69) is 23.7 Å². The summed E-state index contributed by atoms with van der Waals surface area (Å²) in [5.74, 6) is 0. The first kappa shape index (κ1) is 11.6. The summed E-state index contributed by atoms with van der Waals surface area (Å²) in [6.45, 7) is 8.33. The van der Waals surface area contributed by atoms with Crippen molar-refractivity contribution in [3.05, 3.63) is 16.1 Å². The summed E-state index contributed by atoms with van der Waals surface area (Å²) in [4.78, 5) is 8.00. The number of thiazole rings is 1. The van der Waals surface area contributed by atoms with Crippen molar-refractivity contribution in [2.45, 2.75) is 26.8 Å². The molecule has 0 aliphatic heterocycles. The average Bonchev–Trinajstić information content (AvgIpc) is 2.67. The summed E-state index contributed by atoms with van der Waals surface area (Å²) < 4.78 is 0. The molecule has 0 aliphatic rings. The van der Waals surface area contributed by atoms with Crippen molar-refractivity contribution in [2.75, 3.05) is 19.6 Å². The van der Waals surface area contributed by atoms with E-state index in [0.29, 0.717) is 6.54 Å². The fourth-order valence-corrected chi connectivity index (χ4v) is 2.16. The molecule has 3 nitrogen and oxygen atoms in total. The first-order valence-electron chi connectivity index (χ1n) is 5.16. The number of rotatable bonds is 6. The van der Waals surface area contributed by atoms with Gasteiger partial charge in [0, 0.05) is 24.2 Å². The highest BCUT2D eigenvalue weighted by atomic mass is 32.1. The van der Waals surface area contributed by atoms with E-state index in [1.165, 1.54) is 4.88 Å². The molecule has 1 rings (SSSR count). The molecular weight excluding hydrogens is 194 g/mol. The van der Waals surface area contributed by atoms with Gasteiger partial charge in [-0.05, 0) is 19.5 Å². The SMILES string of the molecule is CCN(CC)CCc1cnc(CN)s1. The minimum absolute atomic E-state index is 0.565. The lowest BCUT2D eigenvalue weighted by molar-refractivity contribution is 0.308. The predicted octanol–water partition coefficient (Wildman–Crippen LogP) is 1.49. The van der Waals surface area contributed by atoms with Gasteiger partial charge in [-0.15, -0.1) is 11.3 Å². The summed E-state index contributed by atoms with van der Waals surface area (Å²) in [6.07, 6.45) is 3.05. The highest BCUT2D eigenvalue weighted by molar-refractivity contribution is 7.11. The summed E-state index contributed by atoms with van der Waals surface area (Å²) in [5, 5.41) is 1.04. The molecule has 0 radical (unpaired) electrons. The van der Waals surface area contributed by atoms with Crippen LogP contribution in [-0.4, -0.2) is 29.5 Å². The molecule has 2 N–H and O–H groups in total. The summed E-state index contributed by atoms with van der Waals surface area (Å²) >= 11 is 1.73. The number of likely N-dealkylation sites (N-methyl/N-ethyl adjacent to an activating group) is 1. The number of aromatic nitrogens is 1. The van der Waals surface area contributed by atoms with Gasteiger partial charge in [0.1, 0.15) is 5.01 Å². The third-order valence-corrected chi connectivity index (χ3v) is 3.42. The standard InChI is InChI=1S/C10H19N3S/c1-3-13(4-2)6-5-9-8-12-10(7-11)14-9/h8H,3-7,11H2,1-2H3. The van der Waals surface area contributed by atoms with Crippen molar-refractivity contribution in [2.24, 2.45) is 5.73 Å². The van der Waals surface area contributed by atoms with E-state index in [4.69, 9.17) is 5.73 Å². The van der Waals surface area contributed by atoms with Crippen LogP contribution >= 0.6 is 11.3 Å². The zero-order chi connectivity index (χ0) is 10.4. The fourth-order valence-electron chi connectivity index (χ4n) is 1.37. The van der Waals surface area contributed by atoms with E-state index < -0.39 is 0 Å². The Labute approximate surface area is 89.9 Å². The van der Waals surface area contributed by atoms with Crippen LogP contribution in [0.15, 0.2) is 6.20 Å². The minimum atomic E-state index is 0.565. The maximum absolute atomic E-state index is 5.51. The molecule has 0 spiro atoms. The lowest BCUT2D eigenvalue weighted by Crippen LogP contribution is -2.25. The first-order chi connectivity index (χ1) is 6.80. The van der Waals surface area contributed by atoms with Crippen LogP contribution in [0.25, 0.3) is 0 Å². The Bertz CT molecular complexity index is 256. The smallest absolute Gasteiger partial charge is 0.106 e. The Hall–Kier alpha value is -0.450. The van der Waals surface area contributed by atoms with Gasteiger partial charge in [-0.2, -0.15) is 0 Å². The molecule has 0 bridgehead atoms. The van der Waals surface area contributed by atoms with Crippen molar-refractivity contribution in [3.8, 4) is 0 Å². The zero-order valence-electron chi connectivity index (χ0n) is 8.99. The molecule has 14 heavy (non-hydrogen) atoms. The first-order valence-corrected chi connectivity index (χ1v) is 5.97. The normalized spacial score (nSPS) is 11.1. The van der Waals surface area contributed by atoms with Crippen molar-refractivity contribution in [1.29, 1.82) is 0 Å². The molecule has 0 aromatic carbocycles. The van der Waals surface area contributed by atoms with Crippen LogP contribution in [0.4, 0.5) is 0 Å². The van der Waals surface area contributed by atoms with Crippen molar-refractivity contribution in [3.63, 3.8) is 0 Å². The van der Waals surface area contributed by atoms with E-state index in [0.717, 1.165) is 31.1 Å². The quantitative estimate of drug-likeness (QED) is 0.778. The molecule has 1 aromatic heterocycles. The van der Waals surface area contributed by atoms with Gasteiger partial charge in [0.25, 0.3) is 0 Å². The second-order valence-corrected chi connectivity index (χ2v) is 4.40. The Kier molecular flexibility index (Phi) is 5.07. The molecule has 0 saturated carbocycles.